The molecule has 0 saturated carbocycles. The Bertz CT molecular complexity index is 572. The van der Waals surface area contributed by atoms with E-state index in [1.807, 2.05) is 31.2 Å². The number of nitrogens with zero attached hydrogens (tertiary/aromatic N) is 2. The minimum Gasteiger partial charge on any atom is -0.497 e. The quantitative estimate of drug-likeness (QED) is 0.844. The van der Waals surface area contributed by atoms with E-state index in [0.717, 1.165) is 41.6 Å². The number of rotatable bonds is 6. The van der Waals surface area contributed by atoms with Crippen LogP contribution in [0.15, 0.2) is 30.6 Å². The number of benzene rings is 1. The molecule has 0 aliphatic rings. The predicted octanol–water partition coefficient (Wildman–Crippen LogP) is 3.36. The summed E-state index contributed by atoms with van der Waals surface area (Å²) >= 11 is 0. The molecule has 2 N–H and O–H groups in total. The largest absolute Gasteiger partial charge is 0.497 e. The van der Waals surface area contributed by atoms with Crippen LogP contribution in [0, 0.1) is 6.92 Å². The Hall–Kier alpha value is -2.30. The second kappa shape index (κ2) is 6.75. The first-order chi connectivity index (χ1) is 9.74. The Morgan fingerprint density at radius 3 is 2.75 bits per heavy atom. The van der Waals surface area contributed by atoms with Gasteiger partial charge in [-0.15, -0.1) is 0 Å². The SMILES string of the molecule is CCCNc1ncnc(Nc2cccc(OC)c2)c1C. The van der Waals surface area contributed by atoms with Crippen molar-refractivity contribution < 1.29 is 4.74 Å². The van der Waals surface area contributed by atoms with Gasteiger partial charge in [-0.05, 0) is 25.5 Å². The number of hydrogen-bond donors (Lipinski definition) is 2. The molecule has 0 atom stereocenters. The van der Waals surface area contributed by atoms with Gasteiger partial charge in [-0.2, -0.15) is 0 Å². The summed E-state index contributed by atoms with van der Waals surface area (Å²) in [5.41, 5.74) is 1.94. The lowest BCUT2D eigenvalue weighted by Gasteiger charge is -2.13. The number of aromatic nitrogens is 2. The molecule has 0 aliphatic heterocycles. The van der Waals surface area contributed by atoms with Gasteiger partial charge in [0.2, 0.25) is 0 Å². The van der Waals surface area contributed by atoms with Crippen LogP contribution in [0.25, 0.3) is 0 Å². The first kappa shape index (κ1) is 14.1. The molecule has 1 aromatic carbocycles. The number of anilines is 3. The average Bonchev–Trinajstić information content (AvgIpc) is 2.48. The first-order valence-corrected chi connectivity index (χ1v) is 6.71. The zero-order valence-electron chi connectivity index (χ0n) is 12.1. The monoisotopic (exact) mass is 272 g/mol. The minimum atomic E-state index is 0.798. The van der Waals surface area contributed by atoms with E-state index in [9.17, 15) is 0 Å². The third-order valence-corrected chi connectivity index (χ3v) is 2.96. The molecule has 5 heteroatoms. The third-order valence-electron chi connectivity index (χ3n) is 2.96. The Morgan fingerprint density at radius 1 is 1.20 bits per heavy atom. The van der Waals surface area contributed by atoms with Gasteiger partial charge in [-0.1, -0.05) is 13.0 Å². The standard InChI is InChI=1S/C15H20N4O/c1-4-8-16-14-11(2)15(18-10-17-14)19-12-6-5-7-13(9-12)20-3/h5-7,9-10H,4,8H2,1-3H3,(H2,16,17,18,19). The van der Waals surface area contributed by atoms with Crippen molar-refractivity contribution in [3.05, 3.63) is 36.2 Å². The molecular formula is C15H20N4O. The fourth-order valence-electron chi connectivity index (χ4n) is 1.84. The van der Waals surface area contributed by atoms with Crippen molar-refractivity contribution in [3.63, 3.8) is 0 Å². The van der Waals surface area contributed by atoms with Gasteiger partial charge in [0.15, 0.2) is 0 Å². The summed E-state index contributed by atoms with van der Waals surface area (Å²) in [5.74, 6) is 2.48. The van der Waals surface area contributed by atoms with Crippen molar-refractivity contribution in [3.8, 4) is 5.75 Å². The lowest BCUT2D eigenvalue weighted by atomic mass is 10.2. The van der Waals surface area contributed by atoms with Gasteiger partial charge in [0.05, 0.1) is 7.11 Å². The summed E-state index contributed by atoms with van der Waals surface area (Å²) in [5, 5.41) is 6.59. The van der Waals surface area contributed by atoms with Crippen LogP contribution in [0.1, 0.15) is 18.9 Å². The molecule has 0 fully saturated rings. The highest BCUT2D eigenvalue weighted by Crippen LogP contribution is 2.24. The van der Waals surface area contributed by atoms with Crippen molar-refractivity contribution in [2.24, 2.45) is 0 Å². The van der Waals surface area contributed by atoms with Gasteiger partial charge in [0.1, 0.15) is 23.7 Å². The van der Waals surface area contributed by atoms with Gasteiger partial charge in [0, 0.05) is 23.9 Å². The number of hydrogen-bond acceptors (Lipinski definition) is 5. The van der Waals surface area contributed by atoms with Crippen molar-refractivity contribution >= 4 is 17.3 Å². The second-order valence-electron chi connectivity index (χ2n) is 4.48. The highest BCUT2D eigenvalue weighted by molar-refractivity contribution is 5.65. The highest BCUT2D eigenvalue weighted by atomic mass is 16.5. The van der Waals surface area contributed by atoms with E-state index in [1.165, 1.54) is 0 Å². The van der Waals surface area contributed by atoms with Crippen LogP contribution < -0.4 is 15.4 Å². The lowest BCUT2D eigenvalue weighted by molar-refractivity contribution is 0.415. The molecule has 0 saturated heterocycles. The van der Waals surface area contributed by atoms with Crippen molar-refractivity contribution in [2.45, 2.75) is 20.3 Å². The molecule has 0 radical (unpaired) electrons. The first-order valence-electron chi connectivity index (χ1n) is 6.71. The van der Waals surface area contributed by atoms with Crippen LogP contribution in [0.4, 0.5) is 17.3 Å². The highest BCUT2D eigenvalue weighted by Gasteiger charge is 2.07. The van der Waals surface area contributed by atoms with Crippen LogP contribution >= 0.6 is 0 Å². The van der Waals surface area contributed by atoms with E-state index in [0.29, 0.717) is 0 Å². The van der Waals surface area contributed by atoms with Crippen LogP contribution in [0.2, 0.25) is 0 Å². The number of methoxy groups -OCH3 is 1. The van der Waals surface area contributed by atoms with Crippen LogP contribution in [-0.4, -0.2) is 23.6 Å². The lowest BCUT2D eigenvalue weighted by Crippen LogP contribution is -2.06. The molecule has 5 nitrogen and oxygen atoms in total. The minimum absolute atomic E-state index is 0.798. The molecular weight excluding hydrogens is 252 g/mol. The predicted molar refractivity (Wildman–Crippen MR) is 81.8 cm³/mol. The van der Waals surface area contributed by atoms with Crippen molar-refractivity contribution in [1.82, 2.24) is 9.97 Å². The van der Waals surface area contributed by atoms with Crippen LogP contribution in [-0.2, 0) is 0 Å². The maximum atomic E-state index is 5.21. The Morgan fingerprint density at radius 2 is 2.00 bits per heavy atom. The average molecular weight is 272 g/mol. The van der Waals surface area contributed by atoms with Gasteiger partial charge in [-0.3, -0.25) is 0 Å². The Labute approximate surface area is 119 Å². The maximum Gasteiger partial charge on any atom is 0.138 e. The number of ether oxygens (including phenoxy) is 1. The molecule has 20 heavy (non-hydrogen) atoms. The van der Waals surface area contributed by atoms with Crippen LogP contribution in [0.5, 0.6) is 5.75 Å². The summed E-state index contributed by atoms with van der Waals surface area (Å²) in [6.07, 6.45) is 2.62. The van der Waals surface area contributed by atoms with E-state index in [4.69, 9.17) is 4.74 Å². The van der Waals surface area contributed by atoms with E-state index in [1.54, 1.807) is 13.4 Å². The number of nitrogens with one attached hydrogen (secondary N) is 2. The van der Waals surface area contributed by atoms with E-state index >= 15 is 0 Å². The van der Waals surface area contributed by atoms with Crippen molar-refractivity contribution in [1.29, 1.82) is 0 Å². The summed E-state index contributed by atoms with van der Waals surface area (Å²) in [6.45, 7) is 5.02. The molecule has 1 heterocycles. The summed E-state index contributed by atoms with van der Waals surface area (Å²) in [6, 6.07) is 7.75. The smallest absolute Gasteiger partial charge is 0.138 e. The third kappa shape index (κ3) is 3.38. The molecule has 1 aromatic heterocycles. The molecule has 0 spiro atoms. The molecule has 0 unspecified atom stereocenters. The fourth-order valence-corrected chi connectivity index (χ4v) is 1.84. The molecule has 2 aromatic rings. The molecule has 0 amide bonds. The molecule has 2 rings (SSSR count). The van der Waals surface area contributed by atoms with Gasteiger partial charge < -0.3 is 15.4 Å². The zero-order chi connectivity index (χ0) is 14.4. The van der Waals surface area contributed by atoms with Gasteiger partial charge in [0.25, 0.3) is 0 Å². The van der Waals surface area contributed by atoms with Crippen molar-refractivity contribution in [2.75, 3.05) is 24.3 Å². The Kier molecular flexibility index (Phi) is 4.76. The summed E-state index contributed by atoms with van der Waals surface area (Å²) in [7, 11) is 1.65. The van der Waals surface area contributed by atoms with E-state index < -0.39 is 0 Å². The van der Waals surface area contributed by atoms with E-state index in [2.05, 4.69) is 27.5 Å². The molecule has 106 valence electrons. The topological polar surface area (TPSA) is 59.1 Å². The van der Waals surface area contributed by atoms with Crippen LogP contribution in [0.3, 0.4) is 0 Å². The fraction of sp³-hybridized carbons (Fsp3) is 0.333. The summed E-state index contributed by atoms with van der Waals surface area (Å²) in [4.78, 5) is 8.56. The summed E-state index contributed by atoms with van der Waals surface area (Å²) < 4.78 is 5.21. The molecule has 0 aliphatic carbocycles. The molecule has 0 bridgehead atoms. The second-order valence-corrected chi connectivity index (χ2v) is 4.48. The maximum absolute atomic E-state index is 5.21. The van der Waals surface area contributed by atoms with E-state index in [-0.39, 0.29) is 0 Å². The van der Waals surface area contributed by atoms with Gasteiger partial charge >= 0.3 is 0 Å². The van der Waals surface area contributed by atoms with Gasteiger partial charge in [-0.25, -0.2) is 9.97 Å². The normalized spacial score (nSPS) is 10.2. The zero-order valence-corrected chi connectivity index (χ0v) is 12.1. The Balaban J connectivity index is 2.20.